The number of nitrogens with one attached hydrogen (secondary N) is 1. The van der Waals surface area contributed by atoms with Crippen LogP contribution in [-0.2, 0) is 31.3 Å². The normalized spacial score (nSPS) is 21.2. The number of hydrogen-bond donors (Lipinski definition) is 2. The fourth-order valence-electron chi connectivity index (χ4n) is 7.85. The van der Waals surface area contributed by atoms with Crippen molar-refractivity contribution in [2.75, 3.05) is 30.5 Å². The molecule has 2 aliphatic rings. The Balaban J connectivity index is 1.42. The SMILES string of the molecule is COc1ccc([Si](C)(C)[C@H]2[C@H](CC(=O)N(CCO)Cc3ccccc3)O[C@@]3(C(=O)Nc4ccc(N(C=O)c5ccccc5)cc43)[C@@H]2C)cc1. The van der Waals surface area contributed by atoms with Gasteiger partial charge in [-0.05, 0) is 53.6 Å². The van der Waals surface area contributed by atoms with Crippen molar-refractivity contribution in [2.45, 2.75) is 50.2 Å². The molecule has 6 rings (SSSR count). The van der Waals surface area contributed by atoms with Gasteiger partial charge in [0.05, 0.1) is 34.3 Å². The number of rotatable bonds is 12. The summed E-state index contributed by atoms with van der Waals surface area (Å²) in [7, 11) is -0.853. The standard InChI is InChI=1S/C39H43N3O6Si/c1-27-37(49(3,4)32-18-16-31(47-2)17-19-32)35(24-36(45)41(21-22-43)25-28-11-7-5-8-12-28)48-39(27)33-23-30(15-20-34(33)40-38(39)46)42(26-44)29-13-9-6-10-14-29/h5-20,23,26-27,35,37,43H,21-22,24-25H2,1-4H3,(H,40,46)/t27-,35+,37-,39+/m1/s1. The van der Waals surface area contributed by atoms with Gasteiger partial charge in [-0.3, -0.25) is 19.3 Å². The molecule has 254 valence electrons. The highest BCUT2D eigenvalue weighted by Crippen LogP contribution is 2.59. The molecule has 2 N–H and O–H groups in total. The van der Waals surface area contributed by atoms with E-state index in [1.54, 1.807) is 16.9 Å². The monoisotopic (exact) mass is 677 g/mol. The second kappa shape index (κ2) is 14.0. The number of amides is 3. The van der Waals surface area contributed by atoms with Crippen LogP contribution in [0.15, 0.2) is 103 Å². The summed E-state index contributed by atoms with van der Waals surface area (Å²) >= 11 is 0. The summed E-state index contributed by atoms with van der Waals surface area (Å²) in [4.78, 5) is 44.0. The third-order valence-electron chi connectivity index (χ3n) is 10.3. The van der Waals surface area contributed by atoms with Gasteiger partial charge in [-0.25, -0.2) is 0 Å². The predicted molar refractivity (Wildman–Crippen MR) is 193 cm³/mol. The molecule has 9 nitrogen and oxygen atoms in total. The third kappa shape index (κ3) is 6.27. The lowest BCUT2D eigenvalue weighted by Crippen LogP contribution is -2.52. The van der Waals surface area contributed by atoms with Crippen molar-refractivity contribution in [3.05, 3.63) is 114 Å². The van der Waals surface area contributed by atoms with E-state index in [2.05, 4.69) is 37.5 Å². The second-order valence-corrected chi connectivity index (χ2v) is 18.1. The highest BCUT2D eigenvalue weighted by molar-refractivity contribution is 6.91. The van der Waals surface area contributed by atoms with Crippen LogP contribution in [-0.4, -0.2) is 62.7 Å². The second-order valence-electron chi connectivity index (χ2n) is 13.4. The number of anilines is 3. The first kappa shape index (κ1) is 34.1. The highest BCUT2D eigenvalue weighted by atomic mass is 28.3. The Bertz CT molecular complexity index is 1800. The molecule has 49 heavy (non-hydrogen) atoms. The van der Waals surface area contributed by atoms with Gasteiger partial charge in [0.2, 0.25) is 12.3 Å². The van der Waals surface area contributed by atoms with Gasteiger partial charge in [0.1, 0.15) is 5.75 Å². The lowest BCUT2D eigenvalue weighted by Gasteiger charge is -2.37. The summed E-state index contributed by atoms with van der Waals surface area (Å²) in [6.07, 6.45) is 0.210. The molecule has 4 atom stereocenters. The minimum atomic E-state index is -2.49. The van der Waals surface area contributed by atoms with Crippen molar-refractivity contribution in [3.8, 4) is 5.75 Å². The van der Waals surface area contributed by atoms with E-state index >= 15 is 0 Å². The number of nitrogens with zero attached hydrogens (tertiary/aromatic N) is 2. The summed E-state index contributed by atoms with van der Waals surface area (Å²) in [5.74, 6) is -0.00374. The average molecular weight is 678 g/mol. The van der Waals surface area contributed by atoms with Crippen LogP contribution in [0.5, 0.6) is 5.75 Å². The number of carbonyl (C=O) groups excluding carboxylic acids is 3. The summed E-state index contributed by atoms with van der Waals surface area (Å²) in [6, 6.07) is 32.6. The maximum Gasteiger partial charge on any atom is 0.261 e. The lowest BCUT2D eigenvalue weighted by molar-refractivity contribution is -0.148. The largest absolute Gasteiger partial charge is 0.497 e. The van der Waals surface area contributed by atoms with Crippen LogP contribution in [0, 0.1) is 5.92 Å². The molecule has 4 aromatic rings. The molecule has 4 aromatic carbocycles. The molecule has 1 saturated heterocycles. The van der Waals surface area contributed by atoms with E-state index in [1.807, 2.05) is 91.0 Å². The van der Waals surface area contributed by atoms with E-state index in [0.29, 0.717) is 29.2 Å². The number of benzene rings is 4. The number of aliphatic hydroxyl groups is 1. The molecule has 0 saturated carbocycles. The topological polar surface area (TPSA) is 108 Å². The van der Waals surface area contributed by atoms with E-state index in [-0.39, 0.29) is 42.8 Å². The van der Waals surface area contributed by atoms with Crippen molar-refractivity contribution in [1.82, 2.24) is 4.90 Å². The van der Waals surface area contributed by atoms with Crippen molar-refractivity contribution < 1.29 is 29.0 Å². The van der Waals surface area contributed by atoms with Crippen LogP contribution in [0.25, 0.3) is 0 Å². The van der Waals surface area contributed by atoms with Gasteiger partial charge in [-0.2, -0.15) is 0 Å². The van der Waals surface area contributed by atoms with E-state index in [0.717, 1.165) is 22.9 Å². The van der Waals surface area contributed by atoms with Crippen LogP contribution in [0.3, 0.4) is 0 Å². The Hall–Kier alpha value is -4.77. The molecular weight excluding hydrogens is 635 g/mol. The number of ether oxygens (including phenoxy) is 2. The van der Waals surface area contributed by atoms with Crippen LogP contribution < -0.4 is 20.1 Å². The van der Waals surface area contributed by atoms with Crippen molar-refractivity contribution >= 4 is 48.5 Å². The Morgan fingerprint density at radius 1 is 0.980 bits per heavy atom. The minimum Gasteiger partial charge on any atom is -0.497 e. The number of methoxy groups -OCH3 is 1. The smallest absolute Gasteiger partial charge is 0.261 e. The molecule has 0 aliphatic carbocycles. The molecule has 0 unspecified atom stereocenters. The van der Waals surface area contributed by atoms with E-state index in [1.165, 1.54) is 0 Å². The Morgan fingerprint density at radius 3 is 2.29 bits per heavy atom. The molecule has 3 amide bonds. The molecule has 0 bridgehead atoms. The first-order valence-electron chi connectivity index (χ1n) is 16.6. The molecule has 2 aliphatic heterocycles. The van der Waals surface area contributed by atoms with E-state index in [4.69, 9.17) is 9.47 Å². The van der Waals surface area contributed by atoms with Crippen molar-refractivity contribution in [2.24, 2.45) is 5.92 Å². The van der Waals surface area contributed by atoms with Crippen LogP contribution >= 0.6 is 0 Å². The molecule has 0 aromatic heterocycles. The van der Waals surface area contributed by atoms with Crippen LogP contribution in [0.1, 0.15) is 24.5 Å². The molecule has 2 heterocycles. The van der Waals surface area contributed by atoms with Gasteiger partial charge in [0.15, 0.2) is 5.60 Å². The molecule has 0 radical (unpaired) electrons. The Kier molecular flexibility index (Phi) is 9.74. The maximum atomic E-state index is 14.2. The quantitative estimate of drug-likeness (QED) is 0.150. The number of para-hydroxylation sites is 1. The Labute approximate surface area is 288 Å². The van der Waals surface area contributed by atoms with Gasteiger partial charge in [0.25, 0.3) is 5.91 Å². The molecular formula is C39H43N3O6Si. The van der Waals surface area contributed by atoms with Gasteiger partial charge < -0.3 is 24.8 Å². The van der Waals surface area contributed by atoms with Crippen molar-refractivity contribution in [3.63, 3.8) is 0 Å². The number of hydrogen-bond acceptors (Lipinski definition) is 6. The van der Waals surface area contributed by atoms with Gasteiger partial charge in [-0.15, -0.1) is 0 Å². The predicted octanol–water partition coefficient (Wildman–Crippen LogP) is 5.57. The lowest BCUT2D eigenvalue weighted by atomic mass is 9.82. The first-order valence-corrected chi connectivity index (χ1v) is 19.7. The summed E-state index contributed by atoms with van der Waals surface area (Å²) < 4.78 is 12.5. The van der Waals surface area contributed by atoms with Gasteiger partial charge >= 0.3 is 0 Å². The zero-order chi connectivity index (χ0) is 34.8. The summed E-state index contributed by atoms with van der Waals surface area (Å²) in [5.41, 5.74) is 1.99. The van der Waals surface area contributed by atoms with E-state index < -0.39 is 19.8 Å². The maximum absolute atomic E-state index is 14.2. The molecule has 1 spiro atoms. The van der Waals surface area contributed by atoms with Crippen LogP contribution in [0.2, 0.25) is 18.6 Å². The van der Waals surface area contributed by atoms with Crippen molar-refractivity contribution in [1.29, 1.82) is 0 Å². The fourth-order valence-corrected chi connectivity index (χ4v) is 11.9. The van der Waals surface area contributed by atoms with Gasteiger partial charge in [-0.1, -0.05) is 85.9 Å². The fraction of sp³-hybridized carbons (Fsp3) is 0.308. The highest BCUT2D eigenvalue weighted by Gasteiger charge is 2.65. The number of carbonyl (C=O) groups is 3. The molecule has 10 heteroatoms. The average Bonchev–Trinajstić information content (AvgIpc) is 3.57. The minimum absolute atomic E-state index is 0.0446. The number of aliphatic hydroxyl groups excluding tert-OH is 1. The third-order valence-corrected chi connectivity index (χ3v) is 14.7. The number of fused-ring (bicyclic) bond motifs is 2. The summed E-state index contributed by atoms with van der Waals surface area (Å²) in [5, 5.41) is 14.1. The Morgan fingerprint density at radius 2 is 1.65 bits per heavy atom. The first-order chi connectivity index (χ1) is 23.6. The van der Waals surface area contributed by atoms with Gasteiger partial charge in [0, 0.05) is 41.6 Å². The van der Waals surface area contributed by atoms with Crippen LogP contribution in [0.4, 0.5) is 17.1 Å². The zero-order valence-corrected chi connectivity index (χ0v) is 29.3. The van der Waals surface area contributed by atoms with E-state index in [9.17, 15) is 19.5 Å². The molecule has 1 fully saturated rings. The zero-order valence-electron chi connectivity index (χ0n) is 28.3. The summed E-state index contributed by atoms with van der Waals surface area (Å²) in [6.45, 7) is 6.94.